The van der Waals surface area contributed by atoms with Gasteiger partial charge < -0.3 is 16.3 Å². The van der Waals surface area contributed by atoms with Gasteiger partial charge in [-0.1, -0.05) is 6.92 Å². The van der Waals surface area contributed by atoms with Gasteiger partial charge in [0, 0.05) is 20.0 Å². The van der Waals surface area contributed by atoms with Gasteiger partial charge in [0.1, 0.15) is 11.6 Å². The van der Waals surface area contributed by atoms with Crippen LogP contribution in [0, 0.1) is 0 Å². The number of rotatable bonds is 5. The molecule has 1 rings (SSSR count). The van der Waals surface area contributed by atoms with Gasteiger partial charge in [0.25, 0.3) is 0 Å². The second-order valence-corrected chi connectivity index (χ2v) is 4.62. The first-order chi connectivity index (χ1) is 7.41. The van der Waals surface area contributed by atoms with Gasteiger partial charge in [-0.25, -0.2) is 9.66 Å². The highest BCUT2D eigenvalue weighted by atomic mass is 16.5. The smallest absolute Gasteiger partial charge is 0.146 e. The summed E-state index contributed by atoms with van der Waals surface area (Å²) in [6.45, 7) is 6.09. The molecule has 0 amide bonds. The summed E-state index contributed by atoms with van der Waals surface area (Å²) in [4.78, 5) is 4.47. The number of ether oxygens (including phenoxy) is 1. The highest BCUT2D eigenvalue weighted by molar-refractivity contribution is 5.39. The SMILES string of the molecule is CCCc1nc(CC(C)(C)OC)c(N)n1N. The van der Waals surface area contributed by atoms with E-state index in [0.29, 0.717) is 12.2 Å². The highest BCUT2D eigenvalue weighted by Crippen LogP contribution is 2.20. The summed E-state index contributed by atoms with van der Waals surface area (Å²) in [5.41, 5.74) is 6.46. The summed E-state index contributed by atoms with van der Waals surface area (Å²) in [5.74, 6) is 7.21. The predicted octanol–water partition coefficient (Wildman–Crippen LogP) is 1.10. The molecule has 5 nitrogen and oxygen atoms in total. The number of anilines is 1. The lowest BCUT2D eigenvalue weighted by atomic mass is 10.0. The van der Waals surface area contributed by atoms with E-state index in [1.165, 1.54) is 4.68 Å². The lowest BCUT2D eigenvalue weighted by Crippen LogP contribution is -2.26. The summed E-state index contributed by atoms with van der Waals surface area (Å²) < 4.78 is 6.84. The molecule has 0 radical (unpaired) electrons. The van der Waals surface area contributed by atoms with Crippen molar-refractivity contribution >= 4 is 5.82 Å². The quantitative estimate of drug-likeness (QED) is 0.737. The Kier molecular flexibility index (Phi) is 3.80. The highest BCUT2D eigenvalue weighted by Gasteiger charge is 2.22. The van der Waals surface area contributed by atoms with Crippen LogP contribution in [0.4, 0.5) is 5.82 Å². The van der Waals surface area contributed by atoms with E-state index >= 15 is 0 Å². The Morgan fingerprint density at radius 2 is 2.06 bits per heavy atom. The van der Waals surface area contributed by atoms with Crippen molar-refractivity contribution in [1.29, 1.82) is 0 Å². The Morgan fingerprint density at radius 1 is 1.44 bits per heavy atom. The Hall–Kier alpha value is -1.23. The molecule has 0 spiro atoms. The molecule has 16 heavy (non-hydrogen) atoms. The van der Waals surface area contributed by atoms with Gasteiger partial charge in [-0.15, -0.1) is 0 Å². The lowest BCUT2D eigenvalue weighted by molar-refractivity contribution is 0.0226. The lowest BCUT2D eigenvalue weighted by Gasteiger charge is -2.21. The molecule has 0 atom stereocenters. The average Bonchev–Trinajstić information content (AvgIpc) is 2.47. The van der Waals surface area contributed by atoms with Crippen LogP contribution in [-0.4, -0.2) is 22.4 Å². The third-order valence-corrected chi connectivity index (χ3v) is 2.72. The van der Waals surface area contributed by atoms with Crippen LogP contribution in [0.25, 0.3) is 0 Å². The average molecular weight is 226 g/mol. The predicted molar refractivity (Wildman–Crippen MR) is 65.6 cm³/mol. The molecule has 0 fully saturated rings. The molecule has 4 N–H and O–H groups in total. The number of aromatic nitrogens is 2. The second kappa shape index (κ2) is 4.74. The molecule has 0 saturated heterocycles. The maximum absolute atomic E-state index is 5.92. The summed E-state index contributed by atoms with van der Waals surface area (Å²) in [5, 5.41) is 0. The van der Waals surface area contributed by atoms with Crippen LogP contribution in [0.3, 0.4) is 0 Å². The molecular formula is C11H22N4O. The summed E-state index contributed by atoms with van der Waals surface area (Å²) in [7, 11) is 1.68. The van der Waals surface area contributed by atoms with Crippen LogP contribution < -0.4 is 11.6 Å². The molecule has 0 aliphatic rings. The second-order valence-electron chi connectivity index (χ2n) is 4.62. The molecular weight excluding hydrogens is 204 g/mol. The van der Waals surface area contributed by atoms with Crippen LogP contribution in [0.5, 0.6) is 0 Å². The fourth-order valence-electron chi connectivity index (χ4n) is 1.55. The molecule has 0 aliphatic heterocycles. The Bertz CT molecular complexity index is 357. The first-order valence-electron chi connectivity index (χ1n) is 5.57. The molecule has 0 aromatic carbocycles. The van der Waals surface area contributed by atoms with Crippen LogP contribution in [-0.2, 0) is 17.6 Å². The van der Waals surface area contributed by atoms with E-state index in [-0.39, 0.29) is 5.60 Å². The number of hydrogen-bond acceptors (Lipinski definition) is 4. The number of nitrogen functional groups attached to an aromatic ring is 2. The molecule has 1 aromatic rings. The van der Waals surface area contributed by atoms with Crippen molar-refractivity contribution in [3.63, 3.8) is 0 Å². The topological polar surface area (TPSA) is 79.1 Å². The van der Waals surface area contributed by atoms with Crippen molar-refractivity contribution < 1.29 is 4.74 Å². The molecule has 1 heterocycles. The number of aryl methyl sites for hydroxylation is 1. The number of nitrogens with zero attached hydrogens (tertiary/aromatic N) is 2. The largest absolute Gasteiger partial charge is 0.382 e. The Balaban J connectivity index is 2.93. The van der Waals surface area contributed by atoms with Gasteiger partial charge in [0.2, 0.25) is 0 Å². The number of imidazole rings is 1. The zero-order valence-electron chi connectivity index (χ0n) is 10.6. The fourth-order valence-corrected chi connectivity index (χ4v) is 1.55. The molecule has 0 bridgehead atoms. The summed E-state index contributed by atoms with van der Waals surface area (Å²) >= 11 is 0. The standard InChI is InChI=1S/C11H22N4O/c1-5-6-9-14-8(10(12)15(9)13)7-11(2,3)16-4/h5-7,12-13H2,1-4H3. The van der Waals surface area contributed by atoms with Gasteiger partial charge >= 0.3 is 0 Å². The van der Waals surface area contributed by atoms with E-state index in [2.05, 4.69) is 11.9 Å². The molecule has 0 unspecified atom stereocenters. The van der Waals surface area contributed by atoms with E-state index in [4.69, 9.17) is 16.3 Å². The molecule has 0 aliphatic carbocycles. The van der Waals surface area contributed by atoms with E-state index in [1.54, 1.807) is 7.11 Å². The Labute approximate surface area is 96.8 Å². The minimum Gasteiger partial charge on any atom is -0.382 e. The van der Waals surface area contributed by atoms with E-state index in [1.807, 2.05) is 13.8 Å². The van der Waals surface area contributed by atoms with Crippen molar-refractivity contribution in [2.24, 2.45) is 0 Å². The van der Waals surface area contributed by atoms with E-state index in [9.17, 15) is 0 Å². The van der Waals surface area contributed by atoms with Crippen LogP contribution in [0.1, 0.15) is 38.7 Å². The van der Waals surface area contributed by atoms with Gasteiger partial charge in [0.05, 0.1) is 11.3 Å². The minimum atomic E-state index is -0.272. The van der Waals surface area contributed by atoms with Gasteiger partial charge in [-0.2, -0.15) is 0 Å². The normalized spacial score (nSPS) is 12.0. The third kappa shape index (κ3) is 2.66. The zero-order chi connectivity index (χ0) is 12.3. The van der Waals surface area contributed by atoms with Crippen molar-refractivity contribution in [2.45, 2.75) is 45.6 Å². The van der Waals surface area contributed by atoms with Crippen LogP contribution >= 0.6 is 0 Å². The van der Waals surface area contributed by atoms with Crippen molar-refractivity contribution in [2.75, 3.05) is 18.7 Å². The summed E-state index contributed by atoms with van der Waals surface area (Å²) in [6, 6.07) is 0. The first-order valence-corrected chi connectivity index (χ1v) is 5.57. The monoisotopic (exact) mass is 226 g/mol. The number of hydrogen-bond donors (Lipinski definition) is 2. The number of methoxy groups -OCH3 is 1. The molecule has 1 aromatic heterocycles. The van der Waals surface area contributed by atoms with Crippen LogP contribution in [0.15, 0.2) is 0 Å². The first kappa shape index (κ1) is 12.8. The van der Waals surface area contributed by atoms with Gasteiger partial charge in [-0.3, -0.25) is 0 Å². The zero-order valence-corrected chi connectivity index (χ0v) is 10.6. The third-order valence-electron chi connectivity index (χ3n) is 2.72. The fraction of sp³-hybridized carbons (Fsp3) is 0.727. The minimum absolute atomic E-state index is 0.272. The molecule has 92 valence electrons. The van der Waals surface area contributed by atoms with Gasteiger partial charge in [-0.05, 0) is 20.3 Å². The maximum Gasteiger partial charge on any atom is 0.146 e. The summed E-state index contributed by atoms with van der Waals surface area (Å²) in [6.07, 6.45) is 2.51. The van der Waals surface area contributed by atoms with E-state index in [0.717, 1.165) is 24.4 Å². The molecule has 5 heteroatoms. The van der Waals surface area contributed by atoms with Crippen LogP contribution in [0.2, 0.25) is 0 Å². The van der Waals surface area contributed by atoms with Gasteiger partial charge in [0.15, 0.2) is 0 Å². The van der Waals surface area contributed by atoms with Crippen molar-refractivity contribution in [3.05, 3.63) is 11.5 Å². The molecule has 0 saturated carbocycles. The Morgan fingerprint density at radius 3 is 2.56 bits per heavy atom. The van der Waals surface area contributed by atoms with Crippen molar-refractivity contribution in [1.82, 2.24) is 9.66 Å². The maximum atomic E-state index is 5.92. The van der Waals surface area contributed by atoms with Crippen molar-refractivity contribution in [3.8, 4) is 0 Å². The van der Waals surface area contributed by atoms with E-state index < -0.39 is 0 Å². The number of nitrogens with two attached hydrogens (primary N) is 2.